The molecule has 5 heteroatoms. The van der Waals surface area contributed by atoms with Crippen molar-refractivity contribution in [2.45, 2.75) is 13.2 Å². The van der Waals surface area contributed by atoms with Crippen LogP contribution >= 0.6 is 0 Å². The van der Waals surface area contributed by atoms with Gasteiger partial charge in [0.15, 0.2) is 6.23 Å². The predicted molar refractivity (Wildman–Crippen MR) is 53.0 cm³/mol. The van der Waals surface area contributed by atoms with Crippen molar-refractivity contribution in [2.24, 2.45) is 5.73 Å². The van der Waals surface area contributed by atoms with E-state index in [1.54, 1.807) is 13.0 Å². The van der Waals surface area contributed by atoms with Crippen LogP contribution < -0.4 is 5.73 Å². The summed E-state index contributed by atoms with van der Waals surface area (Å²) in [6.07, 6.45) is 2.10. The maximum atomic E-state index is 11.7. The number of aliphatic hydroxyl groups is 1. The molecule has 0 radical (unpaired) electrons. The number of carbonyl (C=O) groups is 1. The lowest BCUT2D eigenvalue weighted by Crippen LogP contribution is -2.52. The monoisotopic (exact) mass is 197 g/mol. The van der Waals surface area contributed by atoms with Gasteiger partial charge in [-0.1, -0.05) is 6.08 Å². The molecule has 0 spiro atoms. The van der Waals surface area contributed by atoms with E-state index < -0.39 is 6.23 Å². The first kappa shape index (κ1) is 10.6. The van der Waals surface area contributed by atoms with Gasteiger partial charge < -0.3 is 10.8 Å². The predicted octanol–water partition coefficient (Wildman–Crippen LogP) is 0.0484. The van der Waals surface area contributed by atoms with Crippen molar-refractivity contribution >= 4 is 6.03 Å². The lowest BCUT2D eigenvalue weighted by molar-refractivity contribution is 0.0464. The second-order valence-electron chi connectivity index (χ2n) is 2.97. The maximum Gasteiger partial charge on any atom is 0.328 e. The topological polar surface area (TPSA) is 69.8 Å². The summed E-state index contributed by atoms with van der Waals surface area (Å²) in [6, 6.07) is -0.292. The number of nitrogens with two attached hydrogens (primary N) is 1. The van der Waals surface area contributed by atoms with Crippen LogP contribution in [0.1, 0.15) is 6.92 Å². The molecule has 0 aliphatic carbocycles. The summed E-state index contributed by atoms with van der Waals surface area (Å²) in [7, 11) is 0. The summed E-state index contributed by atoms with van der Waals surface area (Å²) in [4.78, 5) is 14.4. The summed E-state index contributed by atoms with van der Waals surface area (Å²) in [5.41, 5.74) is 5.59. The van der Waals surface area contributed by atoms with Gasteiger partial charge in [-0.05, 0) is 6.92 Å². The van der Waals surface area contributed by atoms with Crippen molar-refractivity contribution < 1.29 is 9.90 Å². The van der Waals surface area contributed by atoms with Gasteiger partial charge in [0.1, 0.15) is 5.82 Å². The fraction of sp³-hybridized carbons (Fsp3) is 0.444. The summed E-state index contributed by atoms with van der Waals surface area (Å²) < 4.78 is 0. The fourth-order valence-electron chi connectivity index (χ4n) is 1.35. The third-order valence-corrected chi connectivity index (χ3v) is 2.08. The molecule has 1 aliphatic rings. The first-order valence-electron chi connectivity index (χ1n) is 4.46. The average molecular weight is 197 g/mol. The van der Waals surface area contributed by atoms with Crippen molar-refractivity contribution in [3.8, 4) is 0 Å². The van der Waals surface area contributed by atoms with Crippen molar-refractivity contribution in [3.63, 3.8) is 0 Å². The van der Waals surface area contributed by atoms with Crippen LogP contribution in [0.3, 0.4) is 0 Å². The molecule has 0 aromatic carbocycles. The second kappa shape index (κ2) is 4.15. The molecule has 0 bridgehead atoms. The van der Waals surface area contributed by atoms with E-state index in [0.29, 0.717) is 13.1 Å². The Kier molecular flexibility index (Phi) is 3.14. The van der Waals surface area contributed by atoms with Gasteiger partial charge in [-0.2, -0.15) is 0 Å². The Morgan fingerprint density at radius 2 is 2.43 bits per heavy atom. The molecule has 78 valence electrons. The Bertz CT molecular complexity index is 275. The van der Waals surface area contributed by atoms with Gasteiger partial charge in [0.2, 0.25) is 0 Å². The summed E-state index contributed by atoms with van der Waals surface area (Å²) >= 11 is 0. The van der Waals surface area contributed by atoms with E-state index in [1.807, 2.05) is 0 Å². The fourth-order valence-corrected chi connectivity index (χ4v) is 1.35. The number of urea groups is 1. The van der Waals surface area contributed by atoms with E-state index in [0.717, 1.165) is 0 Å². The van der Waals surface area contributed by atoms with E-state index in [1.165, 1.54) is 15.9 Å². The minimum Gasteiger partial charge on any atom is -0.385 e. The Hall–Kier alpha value is -1.49. The maximum absolute atomic E-state index is 11.7. The van der Waals surface area contributed by atoms with Gasteiger partial charge in [0, 0.05) is 19.2 Å². The van der Waals surface area contributed by atoms with E-state index in [4.69, 9.17) is 5.73 Å². The first-order chi connectivity index (χ1) is 6.61. The molecule has 3 N–H and O–H groups in total. The zero-order chi connectivity index (χ0) is 10.7. The Morgan fingerprint density at radius 1 is 1.79 bits per heavy atom. The number of likely N-dealkylation sites (N-methyl/N-ethyl adjacent to an activating group) is 1. The van der Waals surface area contributed by atoms with Crippen LogP contribution in [0, 0.1) is 0 Å². The molecule has 1 aliphatic heterocycles. The third-order valence-electron chi connectivity index (χ3n) is 2.08. The minimum atomic E-state index is -0.923. The molecule has 1 heterocycles. The van der Waals surface area contributed by atoms with Crippen LogP contribution in [-0.4, -0.2) is 40.3 Å². The van der Waals surface area contributed by atoms with Gasteiger partial charge in [0.25, 0.3) is 0 Å². The van der Waals surface area contributed by atoms with Gasteiger partial charge >= 0.3 is 6.03 Å². The van der Waals surface area contributed by atoms with Crippen molar-refractivity contribution in [1.82, 2.24) is 9.80 Å². The molecule has 2 amide bonds. The highest BCUT2D eigenvalue weighted by Gasteiger charge is 2.29. The summed E-state index contributed by atoms with van der Waals surface area (Å²) in [5.74, 6) is 0.270. The quantitative estimate of drug-likeness (QED) is 0.628. The first-order valence-corrected chi connectivity index (χ1v) is 4.46. The van der Waals surface area contributed by atoms with Crippen LogP contribution in [0.4, 0.5) is 4.79 Å². The zero-order valence-corrected chi connectivity index (χ0v) is 8.18. The molecule has 5 nitrogen and oxygen atoms in total. The minimum absolute atomic E-state index is 0.270. The molecular formula is C9H15N3O2. The molecule has 0 saturated carbocycles. The molecule has 0 aromatic rings. The number of rotatable bonds is 3. The number of carbonyl (C=O) groups excluding carboxylic acids is 1. The summed E-state index contributed by atoms with van der Waals surface area (Å²) in [5, 5.41) is 9.49. The zero-order valence-electron chi connectivity index (χ0n) is 8.18. The molecular weight excluding hydrogens is 182 g/mol. The van der Waals surface area contributed by atoms with Gasteiger partial charge in [-0.15, -0.1) is 6.58 Å². The average Bonchev–Trinajstić information content (AvgIpc) is 2.12. The SMILES string of the molecule is C=CCN1C(=O)N(CC)C(O)C=C1N. The Balaban J connectivity index is 2.92. The number of hydrogen-bond acceptors (Lipinski definition) is 3. The molecule has 0 fully saturated rings. The molecule has 0 aromatic heterocycles. The number of hydrogen-bond donors (Lipinski definition) is 2. The van der Waals surface area contributed by atoms with Crippen LogP contribution in [0.25, 0.3) is 0 Å². The highest BCUT2D eigenvalue weighted by atomic mass is 16.3. The van der Waals surface area contributed by atoms with E-state index in [9.17, 15) is 9.90 Å². The number of aliphatic hydroxyl groups excluding tert-OH is 1. The van der Waals surface area contributed by atoms with E-state index in [2.05, 4.69) is 6.58 Å². The Morgan fingerprint density at radius 3 is 2.93 bits per heavy atom. The molecule has 1 atom stereocenters. The lowest BCUT2D eigenvalue weighted by atomic mass is 10.3. The number of amides is 2. The van der Waals surface area contributed by atoms with Gasteiger partial charge in [0.05, 0.1) is 0 Å². The molecule has 1 rings (SSSR count). The van der Waals surface area contributed by atoms with Crippen LogP contribution in [-0.2, 0) is 0 Å². The third kappa shape index (κ3) is 1.72. The van der Waals surface area contributed by atoms with E-state index >= 15 is 0 Å². The highest BCUT2D eigenvalue weighted by Crippen LogP contribution is 2.14. The van der Waals surface area contributed by atoms with Crippen molar-refractivity contribution in [3.05, 3.63) is 24.6 Å². The molecule has 1 unspecified atom stereocenters. The van der Waals surface area contributed by atoms with E-state index in [-0.39, 0.29) is 11.9 Å². The Labute approximate surface area is 83.1 Å². The second-order valence-corrected chi connectivity index (χ2v) is 2.97. The van der Waals surface area contributed by atoms with Crippen molar-refractivity contribution in [2.75, 3.05) is 13.1 Å². The standard InChI is InChI=1S/C9H15N3O2/c1-3-5-12-7(10)6-8(13)11(4-2)9(12)14/h3,6,8,13H,1,4-5,10H2,2H3. The molecule has 14 heavy (non-hydrogen) atoms. The summed E-state index contributed by atoms with van der Waals surface area (Å²) in [6.45, 7) is 6.12. The molecule has 0 saturated heterocycles. The smallest absolute Gasteiger partial charge is 0.328 e. The normalized spacial score (nSPS) is 22.3. The van der Waals surface area contributed by atoms with Crippen LogP contribution in [0.15, 0.2) is 24.6 Å². The lowest BCUT2D eigenvalue weighted by Gasteiger charge is -2.36. The van der Waals surface area contributed by atoms with Crippen molar-refractivity contribution in [1.29, 1.82) is 0 Å². The van der Waals surface area contributed by atoms with Gasteiger partial charge in [-0.25, -0.2) is 4.79 Å². The highest BCUT2D eigenvalue weighted by molar-refractivity contribution is 5.78. The van der Waals surface area contributed by atoms with Gasteiger partial charge in [-0.3, -0.25) is 9.80 Å². The van der Waals surface area contributed by atoms with Crippen LogP contribution in [0.2, 0.25) is 0 Å². The largest absolute Gasteiger partial charge is 0.385 e. The van der Waals surface area contributed by atoms with Crippen LogP contribution in [0.5, 0.6) is 0 Å². The number of nitrogens with zero attached hydrogens (tertiary/aromatic N) is 2.